The van der Waals surface area contributed by atoms with Crippen LogP contribution in [0.5, 0.6) is 0 Å². The smallest absolute Gasteiger partial charge is 0.254 e. The Hall–Kier alpha value is -2.66. The quantitative estimate of drug-likeness (QED) is 0.505. The van der Waals surface area contributed by atoms with E-state index in [1.807, 2.05) is 0 Å². The molecule has 0 spiro atoms. The van der Waals surface area contributed by atoms with Crippen molar-refractivity contribution in [3.05, 3.63) is 58.9 Å². The van der Waals surface area contributed by atoms with Gasteiger partial charge in [-0.2, -0.15) is 10.5 Å². The standard InChI is InChI=1S/C14H12N4O5/c19-17(20)11-7-3-1-5-9(11)13-15-16-14(23-13)10-6-2-4-8-12(10)18(21)22/h1-8,17-19,21H. The second-order valence-corrected chi connectivity index (χ2v) is 4.61. The van der Waals surface area contributed by atoms with E-state index in [4.69, 9.17) is 4.42 Å². The normalized spacial score (nSPS) is 13.7. The van der Waals surface area contributed by atoms with Crippen LogP contribution in [-0.2, 0) is 0 Å². The molecule has 23 heavy (non-hydrogen) atoms. The third-order valence-corrected chi connectivity index (χ3v) is 3.20. The zero-order valence-corrected chi connectivity index (χ0v) is 11.6. The maximum absolute atomic E-state index is 11.2. The van der Waals surface area contributed by atoms with Gasteiger partial charge in [-0.05, 0) is 12.1 Å². The summed E-state index contributed by atoms with van der Waals surface area (Å²) in [6, 6.07) is 12.4. The molecule has 2 atom stereocenters. The highest BCUT2D eigenvalue weighted by atomic mass is 16.8. The lowest BCUT2D eigenvalue weighted by atomic mass is 10.2. The summed E-state index contributed by atoms with van der Waals surface area (Å²) in [6.07, 6.45) is 0. The van der Waals surface area contributed by atoms with Crippen molar-refractivity contribution in [2.45, 2.75) is 0 Å². The van der Waals surface area contributed by atoms with Gasteiger partial charge in [-0.3, -0.25) is 0 Å². The van der Waals surface area contributed by atoms with Crippen molar-refractivity contribution in [2.24, 2.45) is 0 Å². The monoisotopic (exact) mass is 316 g/mol. The number of nitrogens with one attached hydrogen (secondary N) is 2. The number of rotatable bonds is 4. The van der Waals surface area contributed by atoms with Crippen molar-refractivity contribution in [2.75, 3.05) is 0 Å². The summed E-state index contributed by atoms with van der Waals surface area (Å²) in [5.41, 5.74) is 0.585. The maximum atomic E-state index is 11.2. The molecule has 3 rings (SSSR count). The number of quaternary nitrogens is 2. The van der Waals surface area contributed by atoms with Crippen molar-refractivity contribution in [3.8, 4) is 22.9 Å². The Balaban J connectivity index is 2.06. The van der Waals surface area contributed by atoms with Gasteiger partial charge in [0.25, 0.3) is 11.8 Å². The van der Waals surface area contributed by atoms with Crippen LogP contribution in [0.3, 0.4) is 0 Å². The molecule has 0 fully saturated rings. The molecule has 0 aliphatic carbocycles. The van der Waals surface area contributed by atoms with Gasteiger partial charge in [0.05, 0.1) is 0 Å². The van der Waals surface area contributed by atoms with Crippen molar-refractivity contribution < 1.29 is 25.3 Å². The summed E-state index contributed by atoms with van der Waals surface area (Å²) in [5, 5.41) is 46.3. The van der Waals surface area contributed by atoms with Crippen molar-refractivity contribution in [3.63, 3.8) is 0 Å². The highest BCUT2D eigenvalue weighted by Crippen LogP contribution is 2.29. The van der Waals surface area contributed by atoms with Crippen LogP contribution in [0, 0.1) is 10.4 Å². The van der Waals surface area contributed by atoms with E-state index < -0.39 is 10.5 Å². The van der Waals surface area contributed by atoms with Crippen LogP contribution in [0.15, 0.2) is 52.9 Å². The predicted octanol–water partition coefficient (Wildman–Crippen LogP) is 0.210. The molecule has 0 aliphatic heterocycles. The molecule has 0 saturated heterocycles. The predicted molar refractivity (Wildman–Crippen MR) is 76.7 cm³/mol. The zero-order chi connectivity index (χ0) is 16.4. The molecule has 118 valence electrons. The third-order valence-electron chi connectivity index (χ3n) is 3.20. The number of para-hydroxylation sites is 2. The van der Waals surface area contributed by atoms with Crippen molar-refractivity contribution >= 4 is 11.4 Å². The van der Waals surface area contributed by atoms with E-state index in [2.05, 4.69) is 10.2 Å². The summed E-state index contributed by atoms with van der Waals surface area (Å²) in [5.74, 6) is 0.0244. The molecular weight excluding hydrogens is 304 g/mol. The topological polar surface area (TPSA) is 134 Å². The fourth-order valence-corrected chi connectivity index (χ4v) is 2.15. The number of benzene rings is 2. The lowest BCUT2D eigenvalue weighted by Crippen LogP contribution is -2.99. The minimum absolute atomic E-state index is 0.0122. The minimum Gasteiger partial charge on any atom is -0.595 e. The highest BCUT2D eigenvalue weighted by molar-refractivity contribution is 5.70. The molecular formula is C14H12N4O5. The molecule has 0 amide bonds. The summed E-state index contributed by atoms with van der Waals surface area (Å²) in [4.78, 5) is 0. The molecule has 0 bridgehead atoms. The van der Waals surface area contributed by atoms with E-state index in [1.165, 1.54) is 12.1 Å². The van der Waals surface area contributed by atoms with Crippen LogP contribution in [0.4, 0.5) is 11.4 Å². The fourth-order valence-electron chi connectivity index (χ4n) is 2.15. The lowest BCUT2D eigenvalue weighted by molar-refractivity contribution is -0.991. The fraction of sp³-hybridized carbons (Fsp3) is 0. The molecule has 0 aliphatic rings. The second kappa shape index (κ2) is 6.22. The van der Waals surface area contributed by atoms with E-state index in [-0.39, 0.29) is 34.3 Å². The van der Waals surface area contributed by atoms with E-state index in [1.54, 1.807) is 36.4 Å². The van der Waals surface area contributed by atoms with Gasteiger partial charge in [0, 0.05) is 12.1 Å². The summed E-state index contributed by atoms with van der Waals surface area (Å²) in [6.45, 7) is 0. The maximum Gasteiger partial charge on any atom is 0.254 e. The van der Waals surface area contributed by atoms with E-state index in [9.17, 15) is 20.8 Å². The molecule has 1 heterocycles. The third kappa shape index (κ3) is 2.96. The number of aromatic nitrogens is 2. The average molecular weight is 316 g/mol. The van der Waals surface area contributed by atoms with Gasteiger partial charge < -0.3 is 14.8 Å². The van der Waals surface area contributed by atoms with Crippen molar-refractivity contribution in [1.82, 2.24) is 10.2 Å². The van der Waals surface area contributed by atoms with Gasteiger partial charge in [-0.1, -0.05) is 24.3 Å². The summed E-state index contributed by atoms with van der Waals surface area (Å²) in [7, 11) is 0. The molecule has 3 aromatic rings. The molecule has 4 N–H and O–H groups in total. The van der Waals surface area contributed by atoms with Crippen LogP contribution in [0.25, 0.3) is 22.9 Å². The largest absolute Gasteiger partial charge is 0.595 e. The number of nitrogens with zero attached hydrogens (tertiary/aromatic N) is 2. The minimum atomic E-state index is -1.12. The van der Waals surface area contributed by atoms with Gasteiger partial charge >= 0.3 is 0 Å². The molecule has 1 aromatic heterocycles. The van der Waals surface area contributed by atoms with Crippen LogP contribution in [0.1, 0.15) is 0 Å². The van der Waals surface area contributed by atoms with Crippen LogP contribution in [0.2, 0.25) is 0 Å². The van der Waals surface area contributed by atoms with Crippen molar-refractivity contribution in [1.29, 1.82) is 0 Å². The molecule has 2 unspecified atom stereocenters. The summed E-state index contributed by atoms with van der Waals surface area (Å²) < 4.78 is 5.49. The van der Waals surface area contributed by atoms with Crippen LogP contribution >= 0.6 is 0 Å². The van der Waals surface area contributed by atoms with Gasteiger partial charge in [0.2, 0.25) is 0 Å². The second-order valence-electron chi connectivity index (χ2n) is 4.61. The number of hydrogen-bond donors (Lipinski definition) is 4. The first-order chi connectivity index (χ1) is 11.1. The first kappa shape index (κ1) is 15.2. The van der Waals surface area contributed by atoms with Crippen LogP contribution < -0.4 is 10.5 Å². The van der Waals surface area contributed by atoms with E-state index >= 15 is 0 Å². The molecule has 0 saturated carbocycles. The number of hydrogen-bond acceptors (Lipinski definition) is 7. The Morgan fingerprint density at radius 1 is 0.739 bits per heavy atom. The Morgan fingerprint density at radius 2 is 1.13 bits per heavy atom. The molecule has 2 aromatic carbocycles. The Labute approximate surface area is 129 Å². The Kier molecular flexibility index (Phi) is 4.12. The molecule has 9 nitrogen and oxygen atoms in total. The van der Waals surface area contributed by atoms with Gasteiger partial charge in [-0.15, -0.1) is 10.2 Å². The van der Waals surface area contributed by atoms with Gasteiger partial charge in [0.15, 0.2) is 11.4 Å². The molecule has 0 radical (unpaired) electrons. The van der Waals surface area contributed by atoms with E-state index in [0.717, 1.165) is 0 Å². The average Bonchev–Trinajstić information content (AvgIpc) is 3.04. The highest BCUT2D eigenvalue weighted by Gasteiger charge is 2.20. The Bertz CT molecular complexity index is 752. The first-order valence-corrected chi connectivity index (χ1v) is 6.57. The zero-order valence-electron chi connectivity index (χ0n) is 11.6. The van der Waals surface area contributed by atoms with Gasteiger partial charge in [0.1, 0.15) is 11.1 Å². The Morgan fingerprint density at radius 3 is 1.52 bits per heavy atom. The van der Waals surface area contributed by atoms with E-state index in [0.29, 0.717) is 0 Å². The summed E-state index contributed by atoms with van der Waals surface area (Å²) >= 11 is 0. The molecule has 9 heteroatoms. The van der Waals surface area contributed by atoms with Gasteiger partial charge in [-0.25, -0.2) is 10.4 Å². The van der Waals surface area contributed by atoms with Crippen LogP contribution in [-0.4, -0.2) is 20.6 Å². The SMILES string of the molecule is [O-][NH+](O)c1ccccc1-c1nnc(-c2ccccc2[NH+]([O-])O)o1. The first-order valence-electron chi connectivity index (χ1n) is 6.57. The lowest BCUT2D eigenvalue weighted by Gasteiger charge is -2.14.